The molecule has 2 unspecified atom stereocenters. The zero-order chi connectivity index (χ0) is 13.0. The SMILES string of the molecule is CCCNC(c1cc(Br)sc1Br)C1CCCCO1. The maximum absolute atomic E-state index is 5.96. The van der Waals surface area contributed by atoms with Gasteiger partial charge in [0.05, 0.1) is 19.7 Å². The second-order valence-corrected chi connectivity index (χ2v) is 8.37. The normalized spacial score (nSPS) is 22.1. The minimum Gasteiger partial charge on any atom is -0.376 e. The highest BCUT2D eigenvalue weighted by Crippen LogP contribution is 2.38. The van der Waals surface area contributed by atoms with Crippen LogP contribution in [-0.4, -0.2) is 19.3 Å². The Hall–Kier alpha value is 0.580. The van der Waals surface area contributed by atoms with Crippen LogP contribution in [0.25, 0.3) is 0 Å². The molecular formula is C13H19Br2NOS. The van der Waals surface area contributed by atoms with Crippen molar-refractivity contribution in [1.29, 1.82) is 0 Å². The molecule has 2 heterocycles. The summed E-state index contributed by atoms with van der Waals surface area (Å²) in [4.78, 5) is 0. The third-order valence-corrected chi connectivity index (χ3v) is 5.60. The molecular weight excluding hydrogens is 378 g/mol. The van der Waals surface area contributed by atoms with Gasteiger partial charge >= 0.3 is 0 Å². The van der Waals surface area contributed by atoms with Crippen LogP contribution in [0, 0.1) is 0 Å². The molecule has 0 aliphatic carbocycles. The van der Waals surface area contributed by atoms with E-state index in [1.54, 1.807) is 11.3 Å². The van der Waals surface area contributed by atoms with Gasteiger partial charge in [0.2, 0.25) is 0 Å². The molecule has 1 fully saturated rings. The molecule has 1 N–H and O–H groups in total. The van der Waals surface area contributed by atoms with Gasteiger partial charge in [-0.25, -0.2) is 0 Å². The van der Waals surface area contributed by atoms with E-state index in [0.29, 0.717) is 12.1 Å². The van der Waals surface area contributed by atoms with Crippen LogP contribution in [0.4, 0.5) is 0 Å². The van der Waals surface area contributed by atoms with E-state index in [4.69, 9.17) is 4.74 Å². The zero-order valence-electron chi connectivity index (χ0n) is 10.5. The van der Waals surface area contributed by atoms with Gasteiger partial charge < -0.3 is 10.1 Å². The number of nitrogens with one attached hydrogen (secondary N) is 1. The molecule has 0 bridgehead atoms. The predicted molar refractivity (Wildman–Crippen MR) is 84.3 cm³/mol. The number of ether oxygens (including phenoxy) is 1. The molecule has 0 aromatic carbocycles. The Bertz CT molecular complexity index is 377. The Labute approximate surface area is 130 Å². The molecule has 2 rings (SSSR count). The Balaban J connectivity index is 2.15. The fraction of sp³-hybridized carbons (Fsp3) is 0.692. The molecule has 1 aliphatic rings. The monoisotopic (exact) mass is 395 g/mol. The molecule has 0 amide bonds. The molecule has 1 aliphatic heterocycles. The van der Waals surface area contributed by atoms with Crippen molar-refractivity contribution < 1.29 is 4.74 Å². The van der Waals surface area contributed by atoms with Gasteiger partial charge in [0.1, 0.15) is 0 Å². The molecule has 1 saturated heterocycles. The summed E-state index contributed by atoms with van der Waals surface area (Å²) in [5.41, 5.74) is 1.33. The molecule has 0 saturated carbocycles. The van der Waals surface area contributed by atoms with E-state index in [1.165, 1.54) is 26.0 Å². The highest BCUT2D eigenvalue weighted by atomic mass is 79.9. The average Bonchev–Trinajstić information content (AvgIpc) is 2.70. The van der Waals surface area contributed by atoms with Gasteiger partial charge in [0.15, 0.2) is 0 Å². The predicted octanol–water partition coefficient (Wildman–Crippen LogP) is 4.88. The van der Waals surface area contributed by atoms with Crippen LogP contribution in [0.1, 0.15) is 44.2 Å². The second-order valence-electron chi connectivity index (χ2n) is 4.62. The number of rotatable bonds is 5. The Kier molecular flexibility index (Phi) is 6.15. The van der Waals surface area contributed by atoms with E-state index < -0.39 is 0 Å². The summed E-state index contributed by atoms with van der Waals surface area (Å²) in [7, 11) is 0. The summed E-state index contributed by atoms with van der Waals surface area (Å²) in [5.74, 6) is 0. The standard InChI is InChI=1S/C13H19Br2NOS/c1-2-6-16-12(10-5-3-4-7-17-10)9-8-11(14)18-13(9)15/h8,10,12,16H,2-7H2,1H3. The summed E-state index contributed by atoms with van der Waals surface area (Å²) in [6, 6.07) is 2.52. The van der Waals surface area contributed by atoms with Crippen LogP contribution in [0.5, 0.6) is 0 Å². The van der Waals surface area contributed by atoms with Crippen LogP contribution in [0.15, 0.2) is 13.6 Å². The highest BCUT2D eigenvalue weighted by molar-refractivity contribution is 9.12. The Morgan fingerprint density at radius 3 is 2.89 bits per heavy atom. The van der Waals surface area contributed by atoms with Crippen molar-refractivity contribution in [2.45, 2.75) is 44.8 Å². The van der Waals surface area contributed by atoms with Gasteiger partial charge in [-0.05, 0) is 75.7 Å². The first-order valence-corrected chi connectivity index (χ1v) is 8.92. The molecule has 1 aromatic heterocycles. The molecule has 2 nitrogen and oxygen atoms in total. The lowest BCUT2D eigenvalue weighted by molar-refractivity contribution is -0.00820. The molecule has 0 radical (unpaired) electrons. The quantitative estimate of drug-likeness (QED) is 0.765. The van der Waals surface area contributed by atoms with Crippen molar-refractivity contribution in [2.24, 2.45) is 0 Å². The summed E-state index contributed by atoms with van der Waals surface area (Å²) in [5, 5.41) is 3.64. The van der Waals surface area contributed by atoms with Gasteiger partial charge in [-0.3, -0.25) is 0 Å². The van der Waals surface area contributed by atoms with Crippen molar-refractivity contribution in [1.82, 2.24) is 5.32 Å². The van der Waals surface area contributed by atoms with Gasteiger partial charge in [-0.2, -0.15) is 0 Å². The molecule has 2 atom stereocenters. The first kappa shape index (κ1) is 15.0. The maximum Gasteiger partial charge on any atom is 0.0770 e. The summed E-state index contributed by atoms with van der Waals surface area (Å²) in [6.45, 7) is 4.13. The van der Waals surface area contributed by atoms with Gasteiger partial charge in [0.25, 0.3) is 0 Å². The van der Waals surface area contributed by atoms with Crippen molar-refractivity contribution in [3.63, 3.8) is 0 Å². The molecule has 18 heavy (non-hydrogen) atoms. The maximum atomic E-state index is 5.96. The number of halogens is 2. The smallest absolute Gasteiger partial charge is 0.0770 e. The lowest BCUT2D eigenvalue weighted by Crippen LogP contribution is -2.36. The Morgan fingerprint density at radius 1 is 1.50 bits per heavy atom. The van der Waals surface area contributed by atoms with Crippen LogP contribution in [0.2, 0.25) is 0 Å². The minimum atomic E-state index is 0.308. The van der Waals surface area contributed by atoms with E-state index in [9.17, 15) is 0 Å². The van der Waals surface area contributed by atoms with Crippen LogP contribution in [-0.2, 0) is 4.74 Å². The van der Waals surface area contributed by atoms with E-state index >= 15 is 0 Å². The number of hydrogen-bond acceptors (Lipinski definition) is 3. The van der Waals surface area contributed by atoms with Crippen LogP contribution >= 0.6 is 43.2 Å². The minimum absolute atomic E-state index is 0.308. The summed E-state index contributed by atoms with van der Waals surface area (Å²) in [6.07, 6.45) is 5.08. The molecule has 0 spiro atoms. The van der Waals surface area contributed by atoms with Crippen molar-refractivity contribution in [3.05, 3.63) is 19.2 Å². The van der Waals surface area contributed by atoms with Gasteiger partial charge in [-0.1, -0.05) is 6.92 Å². The molecule has 1 aromatic rings. The van der Waals surface area contributed by atoms with Crippen LogP contribution in [0.3, 0.4) is 0 Å². The van der Waals surface area contributed by atoms with E-state index in [1.807, 2.05) is 0 Å². The molecule has 102 valence electrons. The first-order valence-electron chi connectivity index (χ1n) is 6.52. The van der Waals surface area contributed by atoms with Gasteiger partial charge in [-0.15, -0.1) is 11.3 Å². The third kappa shape index (κ3) is 3.79. The lowest BCUT2D eigenvalue weighted by atomic mass is 9.97. The number of thiophene rings is 1. The average molecular weight is 397 g/mol. The largest absolute Gasteiger partial charge is 0.376 e. The topological polar surface area (TPSA) is 21.3 Å². The third-order valence-electron chi connectivity index (χ3n) is 3.22. The molecule has 5 heteroatoms. The summed E-state index contributed by atoms with van der Waals surface area (Å²) >= 11 is 8.97. The lowest BCUT2D eigenvalue weighted by Gasteiger charge is -2.31. The zero-order valence-corrected chi connectivity index (χ0v) is 14.5. The van der Waals surface area contributed by atoms with E-state index in [0.717, 1.165) is 26.0 Å². The van der Waals surface area contributed by atoms with Gasteiger partial charge in [0, 0.05) is 6.61 Å². The van der Waals surface area contributed by atoms with E-state index in [-0.39, 0.29) is 0 Å². The fourth-order valence-corrected chi connectivity index (χ4v) is 5.26. The first-order chi connectivity index (χ1) is 8.72. The second kappa shape index (κ2) is 7.39. The Morgan fingerprint density at radius 2 is 2.33 bits per heavy atom. The number of hydrogen-bond donors (Lipinski definition) is 1. The van der Waals surface area contributed by atoms with E-state index in [2.05, 4.69) is 50.2 Å². The fourth-order valence-electron chi connectivity index (χ4n) is 2.34. The van der Waals surface area contributed by atoms with Crippen molar-refractivity contribution >= 4 is 43.2 Å². The van der Waals surface area contributed by atoms with Crippen LogP contribution < -0.4 is 5.32 Å². The summed E-state index contributed by atoms with van der Waals surface area (Å²) < 4.78 is 8.34. The highest BCUT2D eigenvalue weighted by Gasteiger charge is 2.28. The van der Waals surface area contributed by atoms with Crippen molar-refractivity contribution in [2.75, 3.05) is 13.2 Å². The van der Waals surface area contributed by atoms with Crippen molar-refractivity contribution in [3.8, 4) is 0 Å².